The quantitative estimate of drug-likeness (QED) is 0.659. The SMILES string of the molecule is COC(=O)[C@@]12CCCCC3=C1N(CCC3)C(=O)[C@H]2CC(=O)NCCc1ccccc1OC. The highest BCUT2D eigenvalue weighted by Gasteiger charge is 2.62. The predicted octanol–water partition coefficient (Wildman–Crippen LogP) is 2.98. The summed E-state index contributed by atoms with van der Waals surface area (Å²) in [6.45, 7) is 1.05. The first-order valence-electron chi connectivity index (χ1n) is 11.5. The lowest BCUT2D eigenvalue weighted by molar-refractivity contribution is -0.155. The summed E-state index contributed by atoms with van der Waals surface area (Å²) < 4.78 is 10.6. The van der Waals surface area contributed by atoms with E-state index in [0.717, 1.165) is 49.1 Å². The number of amides is 2. The molecule has 32 heavy (non-hydrogen) atoms. The molecule has 1 saturated heterocycles. The van der Waals surface area contributed by atoms with Crippen LogP contribution in [0, 0.1) is 11.3 Å². The molecule has 0 spiro atoms. The Morgan fingerprint density at radius 2 is 1.94 bits per heavy atom. The molecule has 2 atom stereocenters. The highest BCUT2D eigenvalue weighted by Crippen LogP contribution is 2.56. The van der Waals surface area contributed by atoms with Gasteiger partial charge in [0, 0.05) is 25.2 Å². The molecule has 4 rings (SSSR count). The van der Waals surface area contributed by atoms with E-state index in [9.17, 15) is 14.4 Å². The van der Waals surface area contributed by atoms with E-state index in [0.29, 0.717) is 25.9 Å². The summed E-state index contributed by atoms with van der Waals surface area (Å²) in [5.41, 5.74) is 2.03. The zero-order chi connectivity index (χ0) is 22.7. The third-order valence-corrected chi connectivity index (χ3v) is 7.19. The number of nitrogens with zero attached hydrogens (tertiary/aromatic N) is 1. The van der Waals surface area contributed by atoms with E-state index in [-0.39, 0.29) is 24.2 Å². The second-order valence-electron chi connectivity index (χ2n) is 8.88. The number of para-hydroxylation sites is 1. The number of nitrogens with one attached hydrogen (secondary N) is 1. The lowest BCUT2D eigenvalue weighted by Crippen LogP contribution is -2.42. The van der Waals surface area contributed by atoms with Crippen molar-refractivity contribution >= 4 is 17.8 Å². The minimum absolute atomic E-state index is 0.00681. The third kappa shape index (κ3) is 3.78. The molecule has 0 bridgehead atoms. The van der Waals surface area contributed by atoms with Crippen molar-refractivity contribution in [3.63, 3.8) is 0 Å². The molecular weight excluding hydrogens is 408 g/mol. The number of hydrogen-bond acceptors (Lipinski definition) is 5. The van der Waals surface area contributed by atoms with Crippen LogP contribution in [-0.4, -0.2) is 50.0 Å². The molecule has 2 aliphatic heterocycles. The van der Waals surface area contributed by atoms with E-state index in [1.165, 1.54) is 12.7 Å². The van der Waals surface area contributed by atoms with E-state index >= 15 is 0 Å². The first-order valence-corrected chi connectivity index (χ1v) is 11.5. The fourth-order valence-corrected chi connectivity index (χ4v) is 5.78. The molecule has 1 aromatic carbocycles. The van der Waals surface area contributed by atoms with Gasteiger partial charge in [-0.3, -0.25) is 14.4 Å². The molecule has 1 aliphatic carbocycles. The summed E-state index contributed by atoms with van der Waals surface area (Å²) in [6, 6.07) is 7.70. The summed E-state index contributed by atoms with van der Waals surface area (Å²) in [5, 5.41) is 2.94. The van der Waals surface area contributed by atoms with Gasteiger partial charge >= 0.3 is 5.97 Å². The Balaban J connectivity index is 1.53. The van der Waals surface area contributed by atoms with Crippen molar-refractivity contribution in [2.75, 3.05) is 27.3 Å². The molecule has 3 aliphatic rings. The van der Waals surface area contributed by atoms with Crippen LogP contribution >= 0.6 is 0 Å². The van der Waals surface area contributed by atoms with E-state index in [1.54, 1.807) is 12.0 Å². The number of allylic oxidation sites excluding steroid dienone is 1. The normalized spacial score (nSPS) is 24.6. The van der Waals surface area contributed by atoms with Gasteiger partial charge < -0.3 is 19.7 Å². The molecule has 0 saturated carbocycles. The number of carbonyl (C=O) groups excluding carboxylic acids is 3. The van der Waals surface area contributed by atoms with E-state index in [2.05, 4.69) is 5.32 Å². The standard InChI is InChI=1S/C25H32N2O5/c1-31-20-11-4-3-8-17(20)12-14-26-21(28)16-19-23(29)27-15-7-10-18-9-5-6-13-25(19,22(18)27)24(30)32-2/h3-4,8,11,19H,5-7,9-10,12-16H2,1-2H3,(H,26,28)/t19-,25-/m1/s1. The van der Waals surface area contributed by atoms with Gasteiger partial charge in [-0.2, -0.15) is 0 Å². The number of methoxy groups -OCH3 is 2. The van der Waals surface area contributed by atoms with Crippen molar-refractivity contribution in [2.24, 2.45) is 11.3 Å². The zero-order valence-corrected chi connectivity index (χ0v) is 18.9. The summed E-state index contributed by atoms with van der Waals surface area (Å²) in [6.07, 6.45) is 5.74. The number of benzene rings is 1. The Hall–Kier alpha value is -2.83. The first kappa shape index (κ1) is 22.4. The van der Waals surface area contributed by atoms with Crippen LogP contribution in [0.4, 0.5) is 0 Å². The lowest BCUT2D eigenvalue weighted by Gasteiger charge is -2.34. The van der Waals surface area contributed by atoms with Gasteiger partial charge in [0.25, 0.3) is 0 Å². The number of hydrogen-bond donors (Lipinski definition) is 1. The molecule has 0 aromatic heterocycles. The lowest BCUT2D eigenvalue weighted by atomic mass is 9.70. The average molecular weight is 441 g/mol. The molecule has 2 heterocycles. The Morgan fingerprint density at radius 3 is 2.72 bits per heavy atom. The molecule has 7 nitrogen and oxygen atoms in total. The van der Waals surface area contributed by atoms with Gasteiger partial charge in [-0.25, -0.2) is 0 Å². The van der Waals surface area contributed by atoms with Crippen LogP contribution in [-0.2, 0) is 25.5 Å². The smallest absolute Gasteiger partial charge is 0.318 e. The van der Waals surface area contributed by atoms with E-state index in [1.807, 2.05) is 24.3 Å². The average Bonchev–Trinajstić information content (AvgIpc) is 2.93. The maximum Gasteiger partial charge on any atom is 0.318 e. The fraction of sp³-hybridized carbons (Fsp3) is 0.560. The van der Waals surface area contributed by atoms with Crippen molar-refractivity contribution < 1.29 is 23.9 Å². The molecular formula is C25H32N2O5. The molecule has 1 fully saturated rings. The third-order valence-electron chi connectivity index (χ3n) is 7.19. The number of carbonyl (C=O) groups is 3. The molecule has 2 amide bonds. The number of rotatable bonds is 7. The van der Waals surface area contributed by atoms with E-state index < -0.39 is 11.3 Å². The van der Waals surface area contributed by atoms with Gasteiger partial charge in [0.05, 0.1) is 20.1 Å². The second-order valence-corrected chi connectivity index (χ2v) is 8.88. The van der Waals surface area contributed by atoms with E-state index in [4.69, 9.17) is 9.47 Å². The van der Waals surface area contributed by atoms with Crippen molar-refractivity contribution in [1.82, 2.24) is 10.2 Å². The minimum atomic E-state index is -1.03. The molecule has 7 heteroatoms. The maximum atomic E-state index is 13.4. The fourth-order valence-electron chi connectivity index (χ4n) is 5.78. The molecule has 172 valence electrons. The number of esters is 1. The van der Waals surface area contributed by atoms with Gasteiger partial charge in [0.15, 0.2) is 0 Å². The van der Waals surface area contributed by atoms with Gasteiger partial charge in [-0.05, 0) is 55.7 Å². The predicted molar refractivity (Wildman–Crippen MR) is 119 cm³/mol. The summed E-state index contributed by atoms with van der Waals surface area (Å²) in [5.74, 6) is -0.622. The molecule has 0 unspecified atom stereocenters. The van der Waals surface area contributed by atoms with Crippen LogP contribution in [0.15, 0.2) is 35.5 Å². The van der Waals surface area contributed by atoms with Gasteiger partial charge in [0.2, 0.25) is 11.8 Å². The number of ether oxygens (including phenoxy) is 2. The molecule has 0 radical (unpaired) electrons. The van der Waals surface area contributed by atoms with Crippen LogP contribution < -0.4 is 10.1 Å². The summed E-state index contributed by atoms with van der Waals surface area (Å²) >= 11 is 0. The van der Waals surface area contributed by atoms with Gasteiger partial charge in [0.1, 0.15) is 11.2 Å². The van der Waals surface area contributed by atoms with Crippen LogP contribution in [0.1, 0.15) is 50.5 Å². The van der Waals surface area contributed by atoms with Crippen LogP contribution in [0.25, 0.3) is 0 Å². The highest BCUT2D eigenvalue weighted by atomic mass is 16.5. The summed E-state index contributed by atoms with van der Waals surface area (Å²) in [7, 11) is 3.00. The van der Waals surface area contributed by atoms with Crippen molar-refractivity contribution in [3.8, 4) is 5.75 Å². The topological polar surface area (TPSA) is 84.9 Å². The Bertz CT molecular complexity index is 940. The highest BCUT2D eigenvalue weighted by molar-refractivity contribution is 5.99. The Kier molecular flexibility index (Phi) is 6.53. The Labute approximate surface area is 189 Å². The van der Waals surface area contributed by atoms with Crippen molar-refractivity contribution in [2.45, 2.75) is 51.4 Å². The van der Waals surface area contributed by atoms with Crippen LogP contribution in [0.2, 0.25) is 0 Å². The van der Waals surface area contributed by atoms with Crippen molar-refractivity contribution in [1.29, 1.82) is 0 Å². The molecule has 1 aromatic rings. The maximum absolute atomic E-state index is 13.4. The Morgan fingerprint density at radius 1 is 1.16 bits per heavy atom. The molecule has 1 N–H and O–H groups in total. The van der Waals surface area contributed by atoms with Crippen molar-refractivity contribution in [3.05, 3.63) is 41.1 Å². The van der Waals surface area contributed by atoms with Crippen LogP contribution in [0.5, 0.6) is 5.75 Å². The summed E-state index contributed by atoms with van der Waals surface area (Å²) in [4.78, 5) is 41.3. The minimum Gasteiger partial charge on any atom is -0.496 e. The largest absolute Gasteiger partial charge is 0.496 e. The monoisotopic (exact) mass is 440 g/mol. The zero-order valence-electron chi connectivity index (χ0n) is 18.9. The second kappa shape index (κ2) is 9.35. The van der Waals surface area contributed by atoms with Gasteiger partial charge in [-0.1, -0.05) is 24.6 Å². The van der Waals surface area contributed by atoms with Crippen LogP contribution in [0.3, 0.4) is 0 Å². The van der Waals surface area contributed by atoms with Gasteiger partial charge in [-0.15, -0.1) is 0 Å². The first-order chi connectivity index (χ1) is 15.5.